The predicted molar refractivity (Wildman–Crippen MR) is 90.4 cm³/mol. The highest BCUT2D eigenvalue weighted by atomic mass is 35.5. The summed E-state index contributed by atoms with van der Waals surface area (Å²) >= 11 is 5.96. The van der Waals surface area contributed by atoms with Crippen LogP contribution in [0.4, 0.5) is 0 Å². The molecule has 2 rings (SSSR count). The monoisotopic (exact) mass is 323 g/mol. The lowest BCUT2D eigenvalue weighted by molar-refractivity contribution is -0.129. The van der Waals surface area contributed by atoms with Crippen molar-refractivity contribution in [3.63, 3.8) is 0 Å². The van der Waals surface area contributed by atoms with Crippen LogP contribution in [0.1, 0.15) is 58.3 Å². The Balaban J connectivity index is 1.90. The number of nitrogens with one attached hydrogen (secondary N) is 1. The van der Waals surface area contributed by atoms with Crippen LogP contribution in [0.2, 0.25) is 5.02 Å². The molecular weight excluding hydrogens is 298 g/mol. The van der Waals surface area contributed by atoms with Gasteiger partial charge in [0.15, 0.2) is 6.10 Å². The summed E-state index contributed by atoms with van der Waals surface area (Å²) in [6, 6.07) is 7.50. The van der Waals surface area contributed by atoms with Gasteiger partial charge in [0, 0.05) is 11.1 Å². The van der Waals surface area contributed by atoms with Crippen molar-refractivity contribution in [3.05, 3.63) is 29.3 Å². The van der Waals surface area contributed by atoms with Crippen LogP contribution < -0.4 is 10.1 Å². The van der Waals surface area contributed by atoms with Gasteiger partial charge in [0.05, 0.1) is 0 Å². The summed E-state index contributed by atoms with van der Waals surface area (Å²) in [6.07, 6.45) is 8.66. The highest BCUT2D eigenvalue weighted by Gasteiger charge is 2.22. The fraction of sp³-hybridized carbons (Fsp3) is 0.611. The van der Waals surface area contributed by atoms with E-state index in [1.807, 2.05) is 19.1 Å². The number of hydrogen-bond acceptors (Lipinski definition) is 2. The lowest BCUT2D eigenvalue weighted by Crippen LogP contribution is -2.43. The van der Waals surface area contributed by atoms with Gasteiger partial charge in [0.1, 0.15) is 5.75 Å². The van der Waals surface area contributed by atoms with Crippen molar-refractivity contribution >= 4 is 17.5 Å². The Bertz CT molecular complexity index is 470. The van der Waals surface area contributed by atoms with Crippen molar-refractivity contribution in [1.82, 2.24) is 5.32 Å². The van der Waals surface area contributed by atoms with E-state index in [4.69, 9.17) is 16.3 Å². The summed E-state index contributed by atoms with van der Waals surface area (Å²) in [5.74, 6) is 0.639. The van der Waals surface area contributed by atoms with Crippen molar-refractivity contribution in [1.29, 1.82) is 0 Å². The smallest absolute Gasteiger partial charge is 0.261 e. The zero-order valence-corrected chi connectivity index (χ0v) is 14.1. The second-order valence-electron chi connectivity index (χ2n) is 6.02. The minimum atomic E-state index is -0.455. The summed E-state index contributed by atoms with van der Waals surface area (Å²) in [6.45, 7) is 1.97. The highest BCUT2D eigenvalue weighted by Crippen LogP contribution is 2.20. The molecule has 1 atom stereocenters. The minimum absolute atomic E-state index is 0.00644. The quantitative estimate of drug-likeness (QED) is 0.851. The van der Waals surface area contributed by atoms with Gasteiger partial charge in [-0.3, -0.25) is 4.79 Å². The Kier molecular flexibility index (Phi) is 7.04. The van der Waals surface area contributed by atoms with Crippen LogP contribution >= 0.6 is 11.6 Å². The standard InChI is InChI=1S/C18H26ClNO2/c1-2-17(22-16-12-8-9-14(19)13-16)18(21)20-15-10-6-4-3-5-7-11-15/h8-9,12-13,15,17H,2-7,10-11H2,1H3,(H,20,21). The van der Waals surface area contributed by atoms with Crippen LogP contribution in [-0.2, 0) is 4.79 Å². The van der Waals surface area contributed by atoms with Crippen molar-refractivity contribution in [2.75, 3.05) is 0 Å². The zero-order valence-electron chi connectivity index (χ0n) is 13.3. The van der Waals surface area contributed by atoms with E-state index in [1.54, 1.807) is 12.1 Å². The number of carbonyl (C=O) groups is 1. The summed E-state index contributed by atoms with van der Waals surface area (Å²) in [5, 5.41) is 3.79. The van der Waals surface area contributed by atoms with Crippen molar-refractivity contribution in [2.24, 2.45) is 0 Å². The number of carbonyl (C=O) groups excluding carboxylic acids is 1. The van der Waals surface area contributed by atoms with Gasteiger partial charge in [-0.2, -0.15) is 0 Å². The minimum Gasteiger partial charge on any atom is -0.481 e. The van der Waals surface area contributed by atoms with E-state index in [-0.39, 0.29) is 5.91 Å². The molecule has 1 aliphatic rings. The molecule has 0 bridgehead atoms. The molecule has 1 aromatic rings. The van der Waals surface area contributed by atoms with Gasteiger partial charge in [-0.15, -0.1) is 0 Å². The van der Waals surface area contributed by atoms with E-state index in [0.29, 0.717) is 23.2 Å². The first-order chi connectivity index (χ1) is 10.7. The first-order valence-electron chi connectivity index (χ1n) is 8.41. The maximum Gasteiger partial charge on any atom is 0.261 e. The van der Waals surface area contributed by atoms with Crippen LogP contribution in [0.3, 0.4) is 0 Å². The highest BCUT2D eigenvalue weighted by molar-refractivity contribution is 6.30. The molecule has 1 aromatic carbocycles. The normalized spacial score (nSPS) is 18.1. The number of benzene rings is 1. The summed E-state index contributed by atoms with van der Waals surface area (Å²) in [5.41, 5.74) is 0. The van der Waals surface area contributed by atoms with Crippen LogP contribution in [0.5, 0.6) is 5.75 Å². The van der Waals surface area contributed by atoms with Gasteiger partial charge in [-0.05, 0) is 37.5 Å². The molecule has 122 valence electrons. The van der Waals surface area contributed by atoms with E-state index >= 15 is 0 Å². The Labute approximate surface area is 138 Å². The second-order valence-corrected chi connectivity index (χ2v) is 6.46. The number of ether oxygens (including phenoxy) is 1. The van der Waals surface area contributed by atoms with Crippen molar-refractivity contribution in [2.45, 2.75) is 70.4 Å². The third-order valence-corrected chi connectivity index (χ3v) is 4.42. The van der Waals surface area contributed by atoms with E-state index < -0.39 is 6.10 Å². The molecule has 3 nitrogen and oxygen atoms in total. The molecule has 0 aliphatic heterocycles. The largest absolute Gasteiger partial charge is 0.481 e. The van der Waals surface area contributed by atoms with Crippen LogP contribution in [0, 0.1) is 0 Å². The van der Waals surface area contributed by atoms with Gasteiger partial charge in [-0.25, -0.2) is 0 Å². The van der Waals surface area contributed by atoms with Crippen molar-refractivity contribution < 1.29 is 9.53 Å². The van der Waals surface area contributed by atoms with E-state index in [1.165, 1.54) is 32.1 Å². The maximum absolute atomic E-state index is 12.5. The molecule has 0 aromatic heterocycles. The molecular formula is C18H26ClNO2. The molecule has 4 heteroatoms. The van der Waals surface area contributed by atoms with E-state index in [2.05, 4.69) is 5.32 Å². The Morgan fingerprint density at radius 2 is 1.95 bits per heavy atom. The summed E-state index contributed by atoms with van der Waals surface area (Å²) < 4.78 is 5.81. The molecule has 1 N–H and O–H groups in total. The van der Waals surface area contributed by atoms with Gasteiger partial charge in [0.25, 0.3) is 5.91 Å². The number of amides is 1. The molecule has 0 saturated heterocycles. The molecule has 1 saturated carbocycles. The number of rotatable bonds is 5. The lowest BCUT2D eigenvalue weighted by atomic mass is 9.96. The zero-order chi connectivity index (χ0) is 15.8. The van der Waals surface area contributed by atoms with Crippen LogP contribution in [0.25, 0.3) is 0 Å². The first kappa shape index (κ1) is 17.1. The number of hydrogen-bond donors (Lipinski definition) is 1. The van der Waals surface area contributed by atoms with E-state index in [9.17, 15) is 4.79 Å². The third-order valence-electron chi connectivity index (χ3n) is 4.19. The average Bonchev–Trinajstić information content (AvgIpc) is 2.47. The van der Waals surface area contributed by atoms with Gasteiger partial charge < -0.3 is 10.1 Å². The van der Waals surface area contributed by atoms with Gasteiger partial charge in [-0.1, -0.05) is 56.7 Å². The third kappa shape index (κ3) is 5.53. The Morgan fingerprint density at radius 1 is 1.27 bits per heavy atom. The fourth-order valence-electron chi connectivity index (χ4n) is 2.92. The molecule has 1 amide bonds. The number of halogens is 1. The molecule has 1 aliphatic carbocycles. The summed E-state index contributed by atoms with van der Waals surface area (Å²) in [4.78, 5) is 12.5. The molecule has 0 spiro atoms. The maximum atomic E-state index is 12.5. The van der Waals surface area contributed by atoms with Gasteiger partial charge in [0.2, 0.25) is 0 Å². The Hall–Kier alpha value is -1.22. The topological polar surface area (TPSA) is 38.3 Å². The van der Waals surface area contributed by atoms with Crippen LogP contribution in [0.15, 0.2) is 24.3 Å². The fourth-order valence-corrected chi connectivity index (χ4v) is 3.10. The molecule has 1 fully saturated rings. The van der Waals surface area contributed by atoms with Crippen LogP contribution in [-0.4, -0.2) is 18.1 Å². The molecule has 1 unspecified atom stereocenters. The second kappa shape index (κ2) is 9.04. The first-order valence-corrected chi connectivity index (χ1v) is 8.79. The molecule has 22 heavy (non-hydrogen) atoms. The predicted octanol–water partition coefficient (Wildman–Crippen LogP) is 4.73. The van der Waals surface area contributed by atoms with E-state index in [0.717, 1.165) is 12.8 Å². The average molecular weight is 324 g/mol. The molecule has 0 heterocycles. The summed E-state index contributed by atoms with van der Waals surface area (Å²) in [7, 11) is 0. The lowest BCUT2D eigenvalue weighted by Gasteiger charge is -2.24. The van der Waals surface area contributed by atoms with Crippen molar-refractivity contribution in [3.8, 4) is 5.75 Å². The Morgan fingerprint density at radius 3 is 2.59 bits per heavy atom. The molecule has 0 radical (unpaired) electrons. The van der Waals surface area contributed by atoms with Gasteiger partial charge >= 0.3 is 0 Å². The SMILES string of the molecule is CCC(Oc1cccc(Cl)c1)C(=O)NC1CCCCCCC1.